The minimum Gasteiger partial charge on any atom is -0.349 e. The Morgan fingerprint density at radius 2 is 2.33 bits per heavy atom. The molecular weight excluding hydrogens is 235 g/mol. The predicted octanol–water partition coefficient (Wildman–Crippen LogP) is 2.69. The van der Waals surface area contributed by atoms with Crippen LogP contribution >= 0.6 is 23.2 Å². The van der Waals surface area contributed by atoms with E-state index in [1.165, 1.54) is 12.3 Å². The van der Waals surface area contributed by atoms with Crippen LogP contribution in [0.5, 0.6) is 0 Å². The van der Waals surface area contributed by atoms with Crippen molar-refractivity contribution in [3.05, 3.63) is 40.2 Å². The molecule has 0 fully saturated rings. The van der Waals surface area contributed by atoms with E-state index in [4.69, 9.17) is 23.2 Å². The van der Waals surface area contributed by atoms with Gasteiger partial charge in [0.15, 0.2) is 0 Å². The van der Waals surface area contributed by atoms with Gasteiger partial charge in [0.2, 0.25) is 0 Å². The Balaban J connectivity index is 2.77. The smallest absolute Gasteiger partial charge is 0.253 e. The molecule has 1 N–H and O–H groups in total. The van der Waals surface area contributed by atoms with Gasteiger partial charge in [-0.1, -0.05) is 35.4 Å². The summed E-state index contributed by atoms with van der Waals surface area (Å²) in [4.78, 5) is 15.3. The van der Waals surface area contributed by atoms with E-state index in [0.29, 0.717) is 12.1 Å². The number of halogens is 2. The number of pyridine rings is 1. The van der Waals surface area contributed by atoms with Crippen LogP contribution in [0.2, 0.25) is 10.2 Å². The molecule has 3 nitrogen and oxygen atoms in total. The summed E-state index contributed by atoms with van der Waals surface area (Å²) in [5, 5.41) is 3.21. The summed E-state index contributed by atoms with van der Waals surface area (Å²) in [6.07, 6.45) is 5.03. The van der Waals surface area contributed by atoms with Crippen molar-refractivity contribution in [1.82, 2.24) is 10.3 Å². The maximum absolute atomic E-state index is 11.6. The number of hydrogen-bond acceptors (Lipinski definition) is 2. The first-order valence-electron chi connectivity index (χ1n) is 4.35. The number of hydrogen-bond donors (Lipinski definition) is 1. The van der Waals surface area contributed by atoms with Crippen molar-refractivity contribution in [2.45, 2.75) is 6.92 Å². The zero-order chi connectivity index (χ0) is 11.3. The number of carbonyl (C=O) groups excluding carboxylic acids is 1. The minimum absolute atomic E-state index is 0.246. The number of rotatable bonds is 3. The molecule has 1 aromatic heterocycles. The quantitative estimate of drug-likeness (QED) is 0.657. The third-order valence-corrected chi connectivity index (χ3v) is 2.19. The van der Waals surface area contributed by atoms with Crippen molar-refractivity contribution in [2.75, 3.05) is 6.54 Å². The Morgan fingerprint density at radius 3 is 3.00 bits per heavy atom. The van der Waals surface area contributed by atoms with Crippen LogP contribution in [0, 0.1) is 0 Å². The van der Waals surface area contributed by atoms with Crippen molar-refractivity contribution in [2.24, 2.45) is 0 Å². The van der Waals surface area contributed by atoms with E-state index in [1.54, 1.807) is 0 Å². The van der Waals surface area contributed by atoms with Crippen LogP contribution in [0.1, 0.15) is 17.3 Å². The lowest BCUT2D eigenvalue weighted by Crippen LogP contribution is -2.23. The Morgan fingerprint density at radius 1 is 1.60 bits per heavy atom. The number of allylic oxidation sites excluding steroid dienone is 1. The lowest BCUT2D eigenvalue weighted by molar-refractivity contribution is 0.0958. The lowest BCUT2D eigenvalue weighted by Gasteiger charge is -2.04. The zero-order valence-electron chi connectivity index (χ0n) is 8.13. The molecule has 0 aliphatic carbocycles. The van der Waals surface area contributed by atoms with E-state index in [-0.39, 0.29) is 16.1 Å². The average Bonchev–Trinajstić information content (AvgIpc) is 2.22. The molecule has 0 atom stereocenters. The Hall–Kier alpha value is -1.06. The first kappa shape index (κ1) is 12.0. The second kappa shape index (κ2) is 5.73. The molecule has 0 radical (unpaired) electrons. The number of carbonyl (C=O) groups is 1. The minimum atomic E-state index is -0.262. The van der Waals surface area contributed by atoms with Crippen LogP contribution in [0.15, 0.2) is 24.4 Å². The fraction of sp³-hybridized carbons (Fsp3) is 0.200. The van der Waals surface area contributed by atoms with E-state index in [9.17, 15) is 4.79 Å². The Bertz CT molecular complexity index is 391. The predicted molar refractivity (Wildman–Crippen MR) is 61.4 cm³/mol. The summed E-state index contributed by atoms with van der Waals surface area (Å²) in [6, 6.07) is 1.44. The monoisotopic (exact) mass is 244 g/mol. The maximum atomic E-state index is 11.6. The van der Waals surface area contributed by atoms with Gasteiger partial charge >= 0.3 is 0 Å². The van der Waals surface area contributed by atoms with Crippen molar-refractivity contribution >= 4 is 29.1 Å². The van der Waals surface area contributed by atoms with Crippen molar-refractivity contribution in [3.8, 4) is 0 Å². The van der Waals surface area contributed by atoms with Crippen molar-refractivity contribution in [1.29, 1.82) is 0 Å². The van der Waals surface area contributed by atoms with Crippen LogP contribution in [-0.4, -0.2) is 17.4 Å². The van der Waals surface area contributed by atoms with Gasteiger partial charge in [0.25, 0.3) is 5.91 Å². The summed E-state index contributed by atoms with van der Waals surface area (Å²) in [5.74, 6) is -0.262. The van der Waals surface area contributed by atoms with Gasteiger partial charge in [-0.15, -0.1) is 0 Å². The highest BCUT2D eigenvalue weighted by Gasteiger charge is 2.10. The fourth-order valence-corrected chi connectivity index (χ4v) is 1.30. The summed E-state index contributed by atoms with van der Waals surface area (Å²) < 4.78 is 0. The molecule has 0 saturated heterocycles. The van der Waals surface area contributed by atoms with Gasteiger partial charge in [-0.2, -0.15) is 0 Å². The third-order valence-electron chi connectivity index (χ3n) is 1.68. The van der Waals surface area contributed by atoms with Crippen molar-refractivity contribution in [3.63, 3.8) is 0 Å². The van der Waals surface area contributed by atoms with Crippen LogP contribution in [0.25, 0.3) is 0 Å². The molecule has 1 rings (SSSR count). The SMILES string of the molecule is C/C=C/CNC(=O)c1cc(Cl)ncc1Cl. The van der Waals surface area contributed by atoms with Crippen LogP contribution in [-0.2, 0) is 0 Å². The zero-order valence-corrected chi connectivity index (χ0v) is 9.64. The Kier molecular flexibility index (Phi) is 4.59. The van der Waals surface area contributed by atoms with E-state index in [0.717, 1.165) is 0 Å². The molecule has 0 unspecified atom stereocenters. The topological polar surface area (TPSA) is 42.0 Å². The number of aromatic nitrogens is 1. The molecule has 80 valence electrons. The molecule has 5 heteroatoms. The van der Waals surface area contributed by atoms with Gasteiger partial charge in [0, 0.05) is 12.7 Å². The molecule has 15 heavy (non-hydrogen) atoms. The third kappa shape index (κ3) is 3.53. The van der Waals surface area contributed by atoms with Crippen LogP contribution in [0.3, 0.4) is 0 Å². The largest absolute Gasteiger partial charge is 0.349 e. The molecule has 1 amide bonds. The molecule has 1 aromatic rings. The van der Waals surface area contributed by atoms with Crippen molar-refractivity contribution < 1.29 is 4.79 Å². The second-order valence-electron chi connectivity index (χ2n) is 2.77. The molecule has 1 heterocycles. The summed E-state index contributed by atoms with van der Waals surface area (Å²) in [6.45, 7) is 2.34. The first-order chi connectivity index (χ1) is 7.15. The summed E-state index contributed by atoms with van der Waals surface area (Å²) >= 11 is 11.5. The number of nitrogens with one attached hydrogen (secondary N) is 1. The molecule has 0 aromatic carbocycles. The standard InChI is InChI=1S/C10H10Cl2N2O/c1-2-3-4-13-10(15)7-5-9(12)14-6-8(7)11/h2-3,5-6H,4H2,1H3,(H,13,15)/b3-2+. The normalized spacial score (nSPS) is 10.6. The maximum Gasteiger partial charge on any atom is 0.253 e. The van der Waals surface area contributed by atoms with Gasteiger partial charge in [-0.25, -0.2) is 4.98 Å². The highest BCUT2D eigenvalue weighted by Crippen LogP contribution is 2.17. The fourth-order valence-electron chi connectivity index (χ4n) is 0.952. The van der Waals surface area contributed by atoms with E-state index in [2.05, 4.69) is 10.3 Å². The molecule has 0 aliphatic rings. The van der Waals surface area contributed by atoms with Gasteiger partial charge < -0.3 is 5.32 Å². The van der Waals surface area contributed by atoms with Gasteiger partial charge in [0.05, 0.1) is 10.6 Å². The molecule has 0 spiro atoms. The van der Waals surface area contributed by atoms with E-state index in [1.807, 2.05) is 19.1 Å². The van der Waals surface area contributed by atoms with Crippen LogP contribution < -0.4 is 5.32 Å². The number of nitrogens with zero attached hydrogens (tertiary/aromatic N) is 1. The Labute approximate surface area is 98.1 Å². The van der Waals surface area contributed by atoms with Crippen LogP contribution in [0.4, 0.5) is 0 Å². The van der Waals surface area contributed by atoms with E-state index < -0.39 is 0 Å². The van der Waals surface area contributed by atoms with Gasteiger partial charge in [-0.05, 0) is 13.0 Å². The van der Waals surface area contributed by atoms with Gasteiger partial charge in [-0.3, -0.25) is 4.79 Å². The average molecular weight is 245 g/mol. The molecular formula is C10H10Cl2N2O. The summed E-state index contributed by atoms with van der Waals surface area (Å²) in [7, 11) is 0. The molecule has 0 aliphatic heterocycles. The highest BCUT2D eigenvalue weighted by atomic mass is 35.5. The van der Waals surface area contributed by atoms with E-state index >= 15 is 0 Å². The molecule has 0 saturated carbocycles. The molecule has 0 bridgehead atoms. The summed E-state index contributed by atoms with van der Waals surface area (Å²) in [5.41, 5.74) is 0.334. The second-order valence-corrected chi connectivity index (χ2v) is 3.56. The highest BCUT2D eigenvalue weighted by molar-refractivity contribution is 6.35. The lowest BCUT2D eigenvalue weighted by atomic mass is 10.2. The van der Waals surface area contributed by atoms with Gasteiger partial charge in [0.1, 0.15) is 5.15 Å². The number of amides is 1. The first-order valence-corrected chi connectivity index (χ1v) is 5.11.